The fraction of sp³-hybridized carbons (Fsp3) is 0.176. The van der Waals surface area contributed by atoms with Gasteiger partial charge in [-0.25, -0.2) is 0 Å². The van der Waals surface area contributed by atoms with Gasteiger partial charge in [-0.05, 0) is 39.7 Å². The summed E-state index contributed by atoms with van der Waals surface area (Å²) in [5.74, 6) is -1.28. The third-order valence-electron chi connectivity index (χ3n) is 3.62. The maximum atomic E-state index is 12.5. The largest absolute Gasteiger partial charge is 0.481 e. The number of halogens is 1. The monoisotopic (exact) mass is 417 g/mol. The smallest absolute Gasteiger partial charge is 0.305 e. The molecule has 0 atom stereocenters. The number of hydrogen-bond donors (Lipinski definition) is 2. The van der Waals surface area contributed by atoms with Crippen molar-refractivity contribution in [3.63, 3.8) is 0 Å². The van der Waals surface area contributed by atoms with Crippen LogP contribution in [0.1, 0.15) is 22.5 Å². The van der Waals surface area contributed by atoms with Crippen molar-refractivity contribution >= 4 is 33.5 Å². The van der Waals surface area contributed by atoms with E-state index < -0.39 is 5.97 Å². The van der Waals surface area contributed by atoms with Gasteiger partial charge in [-0.1, -0.05) is 12.1 Å². The average molecular weight is 418 g/mol. The van der Waals surface area contributed by atoms with Crippen LogP contribution in [0.3, 0.4) is 0 Å². The van der Waals surface area contributed by atoms with Crippen LogP contribution in [-0.4, -0.2) is 36.5 Å². The van der Waals surface area contributed by atoms with Crippen molar-refractivity contribution in [1.29, 1.82) is 0 Å². The Morgan fingerprint density at radius 1 is 1.23 bits per heavy atom. The number of aliphatic carboxylic acids is 1. The molecule has 0 bridgehead atoms. The number of carboxylic acid groups (broad SMARTS) is 1. The van der Waals surface area contributed by atoms with E-state index in [0.717, 1.165) is 10.0 Å². The molecule has 0 saturated heterocycles. The van der Waals surface area contributed by atoms with Crippen LogP contribution >= 0.6 is 15.9 Å². The summed E-state index contributed by atoms with van der Waals surface area (Å²) in [6, 6.07) is 9.01. The first-order valence-corrected chi connectivity index (χ1v) is 8.62. The molecule has 9 heteroatoms. The molecule has 2 heterocycles. The van der Waals surface area contributed by atoms with Gasteiger partial charge in [-0.3, -0.25) is 19.0 Å². The molecule has 3 aromatic rings. The van der Waals surface area contributed by atoms with Crippen LogP contribution in [0.15, 0.2) is 53.4 Å². The number of aryl methyl sites for hydroxylation is 1. The predicted molar refractivity (Wildman–Crippen MR) is 97.9 cm³/mol. The Balaban J connectivity index is 1.69. The van der Waals surface area contributed by atoms with Gasteiger partial charge in [0.25, 0.3) is 5.91 Å². The minimum Gasteiger partial charge on any atom is -0.481 e. The second-order valence-electron chi connectivity index (χ2n) is 5.59. The molecule has 1 aromatic carbocycles. The lowest BCUT2D eigenvalue weighted by Crippen LogP contribution is -2.19. The van der Waals surface area contributed by atoms with E-state index in [1.54, 1.807) is 23.0 Å². The van der Waals surface area contributed by atoms with Crippen LogP contribution in [-0.2, 0) is 17.9 Å². The lowest BCUT2D eigenvalue weighted by atomic mass is 10.2. The lowest BCUT2D eigenvalue weighted by molar-refractivity contribution is -0.137. The van der Waals surface area contributed by atoms with Gasteiger partial charge in [0.05, 0.1) is 30.2 Å². The Kier molecular flexibility index (Phi) is 5.47. The van der Waals surface area contributed by atoms with Crippen molar-refractivity contribution in [2.75, 3.05) is 5.32 Å². The Morgan fingerprint density at radius 2 is 2.08 bits per heavy atom. The van der Waals surface area contributed by atoms with Crippen molar-refractivity contribution in [3.05, 3.63) is 64.7 Å². The first-order chi connectivity index (χ1) is 12.5. The van der Waals surface area contributed by atoms with Crippen molar-refractivity contribution in [2.45, 2.75) is 19.5 Å². The molecule has 1 amide bonds. The topological polar surface area (TPSA) is 102 Å². The van der Waals surface area contributed by atoms with Crippen LogP contribution in [0, 0.1) is 0 Å². The summed E-state index contributed by atoms with van der Waals surface area (Å²) in [4.78, 5) is 23.2. The maximum Gasteiger partial charge on any atom is 0.305 e. The Bertz CT molecular complexity index is 934. The first-order valence-electron chi connectivity index (χ1n) is 7.83. The van der Waals surface area contributed by atoms with Gasteiger partial charge < -0.3 is 10.4 Å². The summed E-state index contributed by atoms with van der Waals surface area (Å²) >= 11 is 3.36. The van der Waals surface area contributed by atoms with E-state index in [9.17, 15) is 9.59 Å². The van der Waals surface area contributed by atoms with Crippen molar-refractivity contribution in [1.82, 2.24) is 19.6 Å². The highest BCUT2D eigenvalue weighted by Gasteiger charge is 2.13. The third kappa shape index (κ3) is 4.57. The van der Waals surface area contributed by atoms with Crippen LogP contribution < -0.4 is 5.32 Å². The van der Waals surface area contributed by atoms with Crippen molar-refractivity contribution in [2.24, 2.45) is 0 Å². The molecule has 0 aliphatic carbocycles. The van der Waals surface area contributed by atoms with Gasteiger partial charge in [-0.2, -0.15) is 10.2 Å². The summed E-state index contributed by atoms with van der Waals surface area (Å²) in [5, 5.41) is 19.8. The van der Waals surface area contributed by atoms with E-state index in [1.807, 2.05) is 24.4 Å². The molecule has 0 radical (unpaired) electrons. The predicted octanol–water partition coefficient (Wildman–Crippen LogP) is 2.62. The number of rotatable bonds is 7. The zero-order chi connectivity index (χ0) is 18.5. The highest BCUT2D eigenvalue weighted by atomic mass is 79.9. The molecule has 0 aliphatic heterocycles. The molecular weight excluding hydrogens is 402 g/mol. The van der Waals surface area contributed by atoms with Crippen molar-refractivity contribution in [3.8, 4) is 0 Å². The Hall–Kier alpha value is -2.94. The number of nitrogens with one attached hydrogen (secondary N) is 1. The van der Waals surface area contributed by atoms with E-state index in [-0.39, 0.29) is 18.9 Å². The molecule has 3 rings (SSSR count). The number of benzene rings is 1. The van der Waals surface area contributed by atoms with Gasteiger partial charge in [0, 0.05) is 18.1 Å². The zero-order valence-corrected chi connectivity index (χ0v) is 15.3. The fourth-order valence-corrected chi connectivity index (χ4v) is 2.79. The molecule has 0 aliphatic rings. The van der Waals surface area contributed by atoms with Gasteiger partial charge in [-0.15, -0.1) is 0 Å². The quantitative estimate of drug-likeness (QED) is 0.614. The number of amides is 1. The van der Waals surface area contributed by atoms with Gasteiger partial charge in [0.1, 0.15) is 5.69 Å². The molecule has 0 fully saturated rings. The summed E-state index contributed by atoms with van der Waals surface area (Å²) in [6.07, 6.45) is 4.95. The Morgan fingerprint density at radius 3 is 2.81 bits per heavy atom. The number of anilines is 1. The van der Waals surface area contributed by atoms with E-state index >= 15 is 0 Å². The highest BCUT2D eigenvalue weighted by molar-refractivity contribution is 9.10. The van der Waals surface area contributed by atoms with Crippen LogP contribution in [0.4, 0.5) is 5.69 Å². The van der Waals surface area contributed by atoms with E-state index in [0.29, 0.717) is 17.9 Å². The second kappa shape index (κ2) is 7.96. The van der Waals surface area contributed by atoms with E-state index in [2.05, 4.69) is 31.4 Å². The number of carbonyl (C=O) groups excluding carboxylic acids is 1. The molecular formula is C17H16BrN5O3. The average Bonchev–Trinajstić information content (AvgIpc) is 3.22. The molecule has 2 aromatic heterocycles. The Labute approximate surface area is 157 Å². The third-order valence-corrected chi connectivity index (χ3v) is 4.03. The van der Waals surface area contributed by atoms with E-state index in [4.69, 9.17) is 5.11 Å². The first kappa shape index (κ1) is 17.9. The molecule has 0 spiro atoms. The van der Waals surface area contributed by atoms with Crippen LogP contribution in [0.25, 0.3) is 0 Å². The number of hydrogen-bond acceptors (Lipinski definition) is 4. The van der Waals surface area contributed by atoms with E-state index in [1.165, 1.54) is 10.9 Å². The zero-order valence-electron chi connectivity index (χ0n) is 13.7. The normalized spacial score (nSPS) is 10.7. The minimum atomic E-state index is -0.940. The minimum absolute atomic E-state index is 0.100. The SMILES string of the molecule is O=C(O)CCn1nccc1C(=O)Nc1cccc(Cn2cc(Br)cn2)c1. The van der Waals surface area contributed by atoms with Gasteiger partial charge in [0.15, 0.2) is 0 Å². The fourth-order valence-electron chi connectivity index (χ4n) is 2.46. The maximum absolute atomic E-state index is 12.5. The summed E-state index contributed by atoms with van der Waals surface area (Å²) in [6.45, 7) is 0.713. The molecule has 0 saturated carbocycles. The lowest BCUT2D eigenvalue weighted by Gasteiger charge is -2.09. The van der Waals surface area contributed by atoms with Gasteiger partial charge in [0.2, 0.25) is 0 Å². The van der Waals surface area contributed by atoms with Gasteiger partial charge >= 0.3 is 5.97 Å². The van der Waals surface area contributed by atoms with Crippen molar-refractivity contribution < 1.29 is 14.7 Å². The molecule has 134 valence electrons. The van der Waals surface area contributed by atoms with Crippen LogP contribution in [0.2, 0.25) is 0 Å². The molecule has 8 nitrogen and oxygen atoms in total. The number of nitrogens with zero attached hydrogens (tertiary/aromatic N) is 4. The molecule has 0 unspecified atom stereocenters. The molecule has 26 heavy (non-hydrogen) atoms. The van der Waals surface area contributed by atoms with Crippen LogP contribution in [0.5, 0.6) is 0 Å². The summed E-state index contributed by atoms with van der Waals surface area (Å²) in [7, 11) is 0. The second-order valence-corrected chi connectivity index (χ2v) is 6.51. The molecule has 2 N–H and O–H groups in total. The highest BCUT2D eigenvalue weighted by Crippen LogP contribution is 2.15. The number of carboxylic acids is 1. The number of aromatic nitrogens is 4. The summed E-state index contributed by atoms with van der Waals surface area (Å²) < 4.78 is 4.07. The standard InChI is InChI=1S/C17H16BrN5O3/c18-13-9-20-22(11-13)10-12-2-1-3-14(8-12)21-17(26)15-4-6-19-23(15)7-5-16(24)25/h1-4,6,8-9,11H,5,7,10H2,(H,21,26)(H,24,25). The number of carbonyl (C=O) groups is 2. The summed E-state index contributed by atoms with van der Waals surface area (Å²) in [5.41, 5.74) is 1.94.